The number of hydrogen-bond acceptors (Lipinski definition) is 3. The van der Waals surface area contributed by atoms with E-state index < -0.39 is 10.0 Å². The van der Waals surface area contributed by atoms with Gasteiger partial charge >= 0.3 is 0 Å². The van der Waals surface area contributed by atoms with Gasteiger partial charge in [-0.05, 0) is 36.1 Å². The Balaban J connectivity index is 1.76. The molecule has 4 nitrogen and oxygen atoms in total. The number of benzene rings is 2. The molecule has 1 heterocycles. The van der Waals surface area contributed by atoms with E-state index in [2.05, 4.69) is 16.9 Å². The summed E-state index contributed by atoms with van der Waals surface area (Å²) in [5.74, 6) is -0.176. The van der Waals surface area contributed by atoms with Crippen LogP contribution in [0, 0.1) is 0 Å². The van der Waals surface area contributed by atoms with Gasteiger partial charge in [0.15, 0.2) is 0 Å². The van der Waals surface area contributed by atoms with E-state index in [1.807, 2.05) is 18.2 Å². The molecule has 26 heavy (non-hydrogen) atoms. The molecule has 1 aliphatic rings. The third-order valence-corrected chi connectivity index (χ3v) is 6.69. The van der Waals surface area contributed by atoms with Gasteiger partial charge in [-0.3, -0.25) is 0 Å². The standard InChI is InChI=1S/C19H21Cl2NO3S/c20-17-7-6-15(18(21)12-17)13-26(23,24)22-14-19(8-10-25-11-9-19)16-4-2-1-3-5-16/h1-7,12,22H,8-11,13-14H2. The summed E-state index contributed by atoms with van der Waals surface area (Å²) in [7, 11) is -3.53. The summed E-state index contributed by atoms with van der Waals surface area (Å²) in [4.78, 5) is 0. The van der Waals surface area contributed by atoms with Gasteiger partial charge in [0, 0.05) is 35.2 Å². The molecule has 0 aromatic heterocycles. The molecule has 0 bridgehead atoms. The van der Waals surface area contributed by atoms with Crippen molar-refractivity contribution in [3.8, 4) is 0 Å². The molecule has 1 saturated heterocycles. The molecule has 7 heteroatoms. The lowest BCUT2D eigenvalue weighted by Gasteiger charge is -2.37. The zero-order valence-electron chi connectivity index (χ0n) is 14.3. The van der Waals surface area contributed by atoms with Crippen molar-refractivity contribution in [2.24, 2.45) is 0 Å². The minimum atomic E-state index is -3.53. The molecule has 0 aliphatic carbocycles. The van der Waals surface area contributed by atoms with E-state index in [-0.39, 0.29) is 11.2 Å². The predicted molar refractivity (Wildman–Crippen MR) is 105 cm³/mol. The van der Waals surface area contributed by atoms with Crippen LogP contribution in [0.3, 0.4) is 0 Å². The van der Waals surface area contributed by atoms with Crippen LogP contribution in [0.15, 0.2) is 48.5 Å². The largest absolute Gasteiger partial charge is 0.381 e. The summed E-state index contributed by atoms with van der Waals surface area (Å²) in [6.45, 7) is 1.59. The first-order valence-electron chi connectivity index (χ1n) is 8.45. The second kappa shape index (κ2) is 8.28. The first kappa shape index (κ1) is 19.6. The molecule has 0 saturated carbocycles. The minimum absolute atomic E-state index is 0.176. The van der Waals surface area contributed by atoms with Gasteiger partial charge in [-0.25, -0.2) is 13.1 Å². The highest BCUT2D eigenvalue weighted by molar-refractivity contribution is 7.88. The summed E-state index contributed by atoms with van der Waals surface area (Å²) < 4.78 is 33.5. The lowest BCUT2D eigenvalue weighted by atomic mass is 9.74. The Labute approximate surface area is 164 Å². The van der Waals surface area contributed by atoms with Crippen LogP contribution in [0.2, 0.25) is 10.0 Å². The average Bonchev–Trinajstić information content (AvgIpc) is 2.64. The van der Waals surface area contributed by atoms with Gasteiger partial charge in [0.1, 0.15) is 0 Å². The third kappa shape index (κ3) is 4.78. The topological polar surface area (TPSA) is 55.4 Å². The molecule has 2 aromatic rings. The van der Waals surface area contributed by atoms with Crippen molar-refractivity contribution in [2.75, 3.05) is 19.8 Å². The number of sulfonamides is 1. The highest BCUT2D eigenvalue weighted by Crippen LogP contribution is 2.34. The van der Waals surface area contributed by atoms with Crippen molar-refractivity contribution >= 4 is 33.2 Å². The van der Waals surface area contributed by atoms with E-state index in [1.54, 1.807) is 18.2 Å². The molecule has 1 aliphatic heterocycles. The molecule has 3 rings (SSSR count). The van der Waals surface area contributed by atoms with E-state index in [0.717, 1.165) is 18.4 Å². The highest BCUT2D eigenvalue weighted by atomic mass is 35.5. The van der Waals surface area contributed by atoms with Crippen LogP contribution in [0.5, 0.6) is 0 Å². The van der Waals surface area contributed by atoms with Crippen molar-refractivity contribution in [1.29, 1.82) is 0 Å². The van der Waals surface area contributed by atoms with Crippen LogP contribution in [0.25, 0.3) is 0 Å². The molecule has 0 unspecified atom stereocenters. The molecule has 0 atom stereocenters. The minimum Gasteiger partial charge on any atom is -0.381 e. The van der Waals surface area contributed by atoms with E-state index in [1.165, 1.54) is 0 Å². The molecule has 140 valence electrons. The lowest BCUT2D eigenvalue weighted by Crippen LogP contribution is -2.44. The smallest absolute Gasteiger partial charge is 0.215 e. The molecular formula is C19H21Cl2NO3S. The summed E-state index contributed by atoms with van der Waals surface area (Å²) in [5, 5.41) is 0.834. The summed E-state index contributed by atoms with van der Waals surface area (Å²) in [5.41, 5.74) is 1.41. The zero-order valence-corrected chi connectivity index (χ0v) is 16.6. The first-order valence-corrected chi connectivity index (χ1v) is 10.9. The zero-order chi connectivity index (χ0) is 18.6. The maximum Gasteiger partial charge on any atom is 0.215 e. The molecule has 1 N–H and O–H groups in total. The monoisotopic (exact) mass is 413 g/mol. The van der Waals surface area contributed by atoms with Gasteiger partial charge in [-0.15, -0.1) is 0 Å². The van der Waals surface area contributed by atoms with Gasteiger partial charge < -0.3 is 4.74 Å². The Hall–Kier alpha value is -1.11. The van der Waals surface area contributed by atoms with Gasteiger partial charge in [0.2, 0.25) is 10.0 Å². The number of halogens is 2. The van der Waals surface area contributed by atoms with Crippen LogP contribution < -0.4 is 4.72 Å². The Bertz CT molecular complexity index is 850. The number of nitrogens with one attached hydrogen (secondary N) is 1. The van der Waals surface area contributed by atoms with E-state index in [0.29, 0.717) is 35.4 Å². The van der Waals surface area contributed by atoms with Gasteiger partial charge in [-0.1, -0.05) is 59.6 Å². The molecule has 0 spiro atoms. The van der Waals surface area contributed by atoms with Crippen molar-refractivity contribution in [1.82, 2.24) is 4.72 Å². The lowest BCUT2D eigenvalue weighted by molar-refractivity contribution is 0.0517. The number of ether oxygens (including phenoxy) is 1. The van der Waals surface area contributed by atoms with Gasteiger partial charge in [0.05, 0.1) is 5.75 Å². The fourth-order valence-electron chi connectivity index (χ4n) is 3.26. The van der Waals surface area contributed by atoms with Crippen LogP contribution >= 0.6 is 23.2 Å². The Morgan fingerprint density at radius 1 is 1.04 bits per heavy atom. The SMILES string of the molecule is O=S(=O)(Cc1ccc(Cl)cc1Cl)NCC1(c2ccccc2)CCOCC1. The predicted octanol–water partition coefficient (Wildman–Crippen LogP) is 4.16. The van der Waals surface area contributed by atoms with Crippen molar-refractivity contribution in [3.05, 3.63) is 69.7 Å². The van der Waals surface area contributed by atoms with E-state index in [4.69, 9.17) is 27.9 Å². The number of hydrogen-bond donors (Lipinski definition) is 1. The first-order chi connectivity index (χ1) is 12.4. The van der Waals surface area contributed by atoms with Crippen LogP contribution in [-0.4, -0.2) is 28.2 Å². The van der Waals surface area contributed by atoms with Crippen LogP contribution in [0.1, 0.15) is 24.0 Å². The molecular weight excluding hydrogens is 393 g/mol. The van der Waals surface area contributed by atoms with E-state index >= 15 is 0 Å². The van der Waals surface area contributed by atoms with Crippen molar-refractivity contribution in [2.45, 2.75) is 24.0 Å². The molecule has 0 amide bonds. The Morgan fingerprint density at radius 3 is 2.38 bits per heavy atom. The molecule has 1 fully saturated rings. The quantitative estimate of drug-likeness (QED) is 0.772. The molecule has 0 radical (unpaired) electrons. The van der Waals surface area contributed by atoms with Gasteiger partial charge in [0.25, 0.3) is 0 Å². The summed E-state index contributed by atoms with van der Waals surface area (Å²) >= 11 is 12.0. The van der Waals surface area contributed by atoms with Gasteiger partial charge in [-0.2, -0.15) is 0 Å². The Kier molecular flexibility index (Phi) is 6.25. The van der Waals surface area contributed by atoms with Crippen LogP contribution in [-0.2, 0) is 25.9 Å². The fourth-order valence-corrected chi connectivity index (χ4v) is 5.08. The van der Waals surface area contributed by atoms with Crippen LogP contribution in [0.4, 0.5) is 0 Å². The fraction of sp³-hybridized carbons (Fsp3) is 0.368. The molecule has 2 aromatic carbocycles. The highest BCUT2D eigenvalue weighted by Gasteiger charge is 2.35. The second-order valence-electron chi connectivity index (χ2n) is 6.57. The number of rotatable bonds is 6. The maximum atomic E-state index is 12.6. The summed E-state index contributed by atoms with van der Waals surface area (Å²) in [6, 6.07) is 14.9. The normalized spacial score (nSPS) is 17.2. The van der Waals surface area contributed by atoms with E-state index in [9.17, 15) is 8.42 Å². The van der Waals surface area contributed by atoms with Crippen molar-refractivity contribution in [3.63, 3.8) is 0 Å². The second-order valence-corrected chi connectivity index (χ2v) is 9.23. The van der Waals surface area contributed by atoms with Crippen molar-refractivity contribution < 1.29 is 13.2 Å². The average molecular weight is 414 g/mol. The summed E-state index contributed by atoms with van der Waals surface area (Å²) in [6.07, 6.45) is 1.56. The third-order valence-electron chi connectivity index (χ3n) is 4.83. The Morgan fingerprint density at radius 2 is 1.73 bits per heavy atom. The maximum absolute atomic E-state index is 12.6.